The number of sulfone groups is 2. The van der Waals surface area contributed by atoms with Gasteiger partial charge in [-0.2, -0.15) is 0 Å². The molecule has 0 fully saturated rings. The van der Waals surface area contributed by atoms with Crippen molar-refractivity contribution in [1.29, 1.82) is 0 Å². The van der Waals surface area contributed by atoms with Crippen LogP contribution in [0.4, 0.5) is 0 Å². The van der Waals surface area contributed by atoms with Crippen LogP contribution in [0, 0.1) is 0 Å². The van der Waals surface area contributed by atoms with E-state index in [4.69, 9.17) is 4.74 Å². The summed E-state index contributed by atoms with van der Waals surface area (Å²) >= 11 is 0. The van der Waals surface area contributed by atoms with E-state index >= 15 is 0 Å². The Morgan fingerprint density at radius 1 is 0.680 bits per heavy atom. The van der Waals surface area contributed by atoms with Crippen molar-refractivity contribution in [2.24, 2.45) is 0 Å². The highest BCUT2D eigenvalue weighted by Gasteiger charge is 2.34. The quantitative estimate of drug-likeness (QED) is 0.652. The molecule has 5 nitrogen and oxygen atoms in total. The van der Waals surface area contributed by atoms with Crippen LogP contribution in [0.1, 0.15) is 26.7 Å². The minimum absolute atomic E-state index is 0.119. The summed E-state index contributed by atoms with van der Waals surface area (Å²) < 4.78 is 56.6. The highest BCUT2D eigenvalue weighted by atomic mass is 32.2. The van der Waals surface area contributed by atoms with E-state index in [-0.39, 0.29) is 22.6 Å². The summed E-state index contributed by atoms with van der Waals surface area (Å²) in [4.78, 5) is 0.239. The van der Waals surface area contributed by atoms with Gasteiger partial charge in [0.15, 0.2) is 10.9 Å². The van der Waals surface area contributed by atoms with Crippen molar-refractivity contribution >= 4 is 19.7 Å². The van der Waals surface area contributed by atoms with Crippen molar-refractivity contribution in [2.75, 3.05) is 0 Å². The molecule has 0 heterocycles. The van der Waals surface area contributed by atoms with Crippen molar-refractivity contribution < 1.29 is 21.6 Å². The Kier molecular flexibility index (Phi) is 6.37. The lowest BCUT2D eigenvalue weighted by Crippen LogP contribution is -2.33. The molecule has 0 aliphatic rings. The molecular formula is C18H22O5S2. The Hall–Kier alpha value is -1.70. The molecular weight excluding hydrogens is 362 g/mol. The van der Waals surface area contributed by atoms with Crippen molar-refractivity contribution in [3.05, 3.63) is 60.7 Å². The van der Waals surface area contributed by atoms with Crippen LogP contribution in [0.15, 0.2) is 70.5 Å². The van der Waals surface area contributed by atoms with Gasteiger partial charge in [-0.05, 0) is 37.1 Å². The van der Waals surface area contributed by atoms with Crippen LogP contribution < -0.4 is 0 Å². The molecule has 2 rings (SSSR count). The van der Waals surface area contributed by atoms with Gasteiger partial charge in [0.1, 0.15) is 0 Å². The molecule has 2 aromatic rings. The normalized spacial score (nSPS) is 14.8. The molecule has 136 valence electrons. The first-order valence-electron chi connectivity index (χ1n) is 8.07. The maximum atomic E-state index is 12.8. The number of rotatable bonds is 8. The van der Waals surface area contributed by atoms with Gasteiger partial charge < -0.3 is 4.74 Å². The largest absolute Gasteiger partial charge is 0.342 e. The molecule has 0 radical (unpaired) electrons. The van der Waals surface area contributed by atoms with E-state index in [1.165, 1.54) is 24.3 Å². The summed E-state index contributed by atoms with van der Waals surface area (Å²) in [7, 11) is -7.57. The Balaban J connectivity index is 2.33. The minimum atomic E-state index is -3.79. The van der Waals surface area contributed by atoms with Gasteiger partial charge in [-0.15, -0.1) is 0 Å². The molecule has 0 saturated heterocycles. The molecule has 0 saturated carbocycles. The van der Waals surface area contributed by atoms with E-state index in [0.29, 0.717) is 0 Å². The van der Waals surface area contributed by atoms with E-state index < -0.39 is 30.5 Å². The molecule has 0 bridgehead atoms. The number of hydrogen-bond acceptors (Lipinski definition) is 5. The average molecular weight is 384 g/mol. The third-order valence-corrected chi connectivity index (χ3v) is 7.94. The van der Waals surface area contributed by atoms with E-state index in [1.54, 1.807) is 50.2 Å². The maximum absolute atomic E-state index is 12.8. The maximum Gasteiger partial charge on any atom is 0.205 e. The second-order valence-electron chi connectivity index (χ2n) is 5.53. The molecule has 2 unspecified atom stereocenters. The Bertz CT molecular complexity index is 800. The SMILES string of the molecule is CC[13CH](O[13CH](CC)S(=O)(=O)c1ccccc1)S(=O)(=O)c1ccccc1. The van der Waals surface area contributed by atoms with E-state index in [1.807, 2.05) is 0 Å². The van der Waals surface area contributed by atoms with Crippen LogP contribution in [-0.4, -0.2) is 27.7 Å². The Labute approximate surface area is 149 Å². The summed E-state index contributed by atoms with van der Waals surface area (Å²) in [6, 6.07) is 15.8. The lowest BCUT2D eigenvalue weighted by atomic mass is 10.4. The predicted octanol–water partition coefficient (Wildman–Crippen LogP) is 3.42. The number of hydrogen-bond donors (Lipinski definition) is 0. The molecule has 0 aliphatic heterocycles. The third kappa shape index (κ3) is 4.29. The van der Waals surface area contributed by atoms with Crippen molar-refractivity contribution in [2.45, 2.75) is 47.4 Å². The van der Waals surface area contributed by atoms with Gasteiger partial charge in [-0.25, -0.2) is 16.8 Å². The zero-order valence-corrected chi connectivity index (χ0v) is 15.8. The summed E-state index contributed by atoms with van der Waals surface area (Å²) in [6.45, 7) is 3.32. The monoisotopic (exact) mass is 384 g/mol. The van der Waals surface area contributed by atoms with Gasteiger partial charge in [0, 0.05) is 0 Å². The summed E-state index contributed by atoms with van der Waals surface area (Å²) in [5.41, 5.74) is -2.45. The van der Waals surface area contributed by atoms with E-state index in [9.17, 15) is 16.8 Å². The van der Waals surface area contributed by atoms with Crippen LogP contribution >= 0.6 is 0 Å². The molecule has 2 atom stereocenters. The first-order chi connectivity index (χ1) is 11.8. The molecule has 7 heteroatoms. The number of ether oxygens (including phenoxy) is 1. The molecule has 0 spiro atoms. The lowest BCUT2D eigenvalue weighted by molar-refractivity contribution is 0.0741. The topological polar surface area (TPSA) is 77.5 Å². The van der Waals surface area contributed by atoms with Gasteiger partial charge in [0.2, 0.25) is 19.7 Å². The zero-order valence-electron chi connectivity index (χ0n) is 14.2. The summed E-state index contributed by atoms with van der Waals surface area (Å²) in [5, 5.41) is 0. The molecule has 25 heavy (non-hydrogen) atoms. The van der Waals surface area contributed by atoms with Gasteiger partial charge in [0.05, 0.1) is 9.79 Å². The lowest BCUT2D eigenvalue weighted by Gasteiger charge is -2.23. The Morgan fingerprint density at radius 3 is 1.28 bits per heavy atom. The zero-order chi connectivity index (χ0) is 18.5. The van der Waals surface area contributed by atoms with Crippen LogP contribution in [-0.2, 0) is 24.4 Å². The standard InChI is InChI=1S/C18H22O5S2/c1-3-17(24(19,20)15-11-7-5-8-12-15)23-18(4-2)25(21,22)16-13-9-6-10-14-16/h5-14,17-18H,3-4H2,1-2H3/i17+1,18+1. The first kappa shape index (κ1) is 19.6. The molecule has 0 amide bonds. The van der Waals surface area contributed by atoms with Crippen molar-refractivity contribution in [3.8, 4) is 0 Å². The highest BCUT2D eigenvalue weighted by molar-refractivity contribution is 7.92. The van der Waals surface area contributed by atoms with Crippen LogP contribution in [0.25, 0.3) is 0 Å². The third-order valence-electron chi connectivity index (χ3n) is 3.81. The second-order valence-corrected chi connectivity index (χ2v) is 9.70. The second kappa shape index (κ2) is 8.12. The van der Waals surface area contributed by atoms with Gasteiger partial charge in [0.25, 0.3) is 0 Å². The van der Waals surface area contributed by atoms with E-state index in [2.05, 4.69) is 0 Å². The van der Waals surface area contributed by atoms with Crippen LogP contribution in [0.3, 0.4) is 0 Å². The highest BCUT2D eigenvalue weighted by Crippen LogP contribution is 2.26. The fraction of sp³-hybridized carbons (Fsp3) is 0.333. The average Bonchev–Trinajstić information content (AvgIpc) is 2.63. The smallest absolute Gasteiger partial charge is 0.205 e. The molecule has 0 N–H and O–H groups in total. The summed E-state index contributed by atoms with van der Waals surface area (Å²) in [5.74, 6) is 0. The Morgan fingerprint density at radius 2 is 1.00 bits per heavy atom. The van der Waals surface area contributed by atoms with Gasteiger partial charge in [-0.1, -0.05) is 50.2 Å². The van der Waals surface area contributed by atoms with Gasteiger partial charge >= 0.3 is 0 Å². The van der Waals surface area contributed by atoms with Gasteiger partial charge in [-0.3, -0.25) is 0 Å². The molecule has 0 aliphatic carbocycles. The fourth-order valence-electron chi connectivity index (χ4n) is 2.47. The summed E-state index contributed by atoms with van der Waals surface area (Å²) in [6.07, 6.45) is 0.302. The predicted molar refractivity (Wildman–Crippen MR) is 96.5 cm³/mol. The fourth-order valence-corrected chi connectivity index (χ4v) is 5.66. The molecule has 2 aromatic carbocycles. The van der Waals surface area contributed by atoms with Crippen molar-refractivity contribution in [3.63, 3.8) is 0 Å². The van der Waals surface area contributed by atoms with E-state index in [0.717, 1.165) is 0 Å². The first-order valence-corrected chi connectivity index (χ1v) is 11.2. The molecule has 0 aromatic heterocycles. The number of benzene rings is 2. The van der Waals surface area contributed by atoms with Crippen LogP contribution in [0.2, 0.25) is 0 Å². The van der Waals surface area contributed by atoms with Crippen molar-refractivity contribution in [1.82, 2.24) is 0 Å². The minimum Gasteiger partial charge on any atom is -0.342 e. The van der Waals surface area contributed by atoms with Crippen LogP contribution in [0.5, 0.6) is 0 Å².